The molecule has 0 saturated heterocycles. The van der Waals surface area contributed by atoms with Gasteiger partial charge in [0.15, 0.2) is 0 Å². The molecular weight excluding hydrogens is 532 g/mol. The lowest BCUT2D eigenvalue weighted by atomic mass is 9.82. The van der Waals surface area contributed by atoms with Crippen LogP contribution in [0.5, 0.6) is 0 Å². The molecule has 0 aromatic heterocycles. The number of rotatable bonds is 6. The van der Waals surface area contributed by atoms with Gasteiger partial charge in [-0.2, -0.15) is 10.5 Å². The van der Waals surface area contributed by atoms with Crippen LogP contribution in [-0.2, 0) is 33.1 Å². The van der Waals surface area contributed by atoms with Crippen molar-refractivity contribution < 1.29 is 0 Å². The number of halogens is 2. The van der Waals surface area contributed by atoms with Gasteiger partial charge in [-0.25, -0.2) is 13.1 Å². The molecule has 0 atom stereocenters. The Kier molecular flexibility index (Phi) is 10.3. The van der Waals surface area contributed by atoms with Gasteiger partial charge in [0.25, 0.3) is 11.1 Å². The fraction of sp³-hybridized carbons (Fsp3) is 0.467. The Hall–Kier alpha value is -2.83. The second-order valence-electron chi connectivity index (χ2n) is 10.9. The van der Waals surface area contributed by atoms with Gasteiger partial charge in [-0.3, -0.25) is 0 Å². The van der Waals surface area contributed by atoms with Gasteiger partial charge in [-0.05, 0) is 74.2 Å². The van der Waals surface area contributed by atoms with E-state index in [-0.39, 0.29) is 0 Å². The van der Waals surface area contributed by atoms with Gasteiger partial charge in [0, 0.05) is 50.0 Å². The van der Waals surface area contributed by atoms with Crippen LogP contribution in [0.15, 0.2) is 36.4 Å². The normalized spacial score (nSPS) is 11.7. The molecule has 0 aliphatic heterocycles. The van der Waals surface area contributed by atoms with E-state index in [9.17, 15) is 10.5 Å². The maximum atomic E-state index is 9.24. The summed E-state index contributed by atoms with van der Waals surface area (Å²) in [5.74, 6) is 0.385. The molecular formula is C30H34BrClN4. The molecule has 4 nitrogen and oxygen atoms in total. The molecule has 0 heterocycles. The molecule has 2 aromatic carbocycles. The molecule has 0 saturated carbocycles. The Balaban J connectivity index is 0.000000360. The smallest absolute Gasteiger partial charge is 0.252 e. The number of benzene rings is 2. The monoisotopic (exact) mass is 564 g/mol. The van der Waals surface area contributed by atoms with Crippen molar-refractivity contribution >= 4 is 27.5 Å². The fourth-order valence-corrected chi connectivity index (χ4v) is 3.70. The van der Waals surface area contributed by atoms with Gasteiger partial charge in [-0.1, -0.05) is 28.1 Å². The summed E-state index contributed by atoms with van der Waals surface area (Å²) in [5, 5.41) is 19.2. The number of hydrogen-bond acceptors (Lipinski definition) is 2. The third-order valence-electron chi connectivity index (χ3n) is 6.27. The van der Waals surface area contributed by atoms with E-state index in [1.807, 2.05) is 91.8 Å². The van der Waals surface area contributed by atoms with Gasteiger partial charge >= 0.3 is 0 Å². The maximum Gasteiger partial charge on any atom is 0.252 e. The van der Waals surface area contributed by atoms with Crippen molar-refractivity contribution in [2.45, 2.75) is 88.5 Å². The van der Waals surface area contributed by atoms with Crippen LogP contribution in [0, 0.1) is 35.8 Å². The van der Waals surface area contributed by atoms with Gasteiger partial charge in [-0.15, -0.1) is 11.6 Å². The zero-order valence-corrected chi connectivity index (χ0v) is 24.8. The highest BCUT2D eigenvalue weighted by Gasteiger charge is 2.30. The van der Waals surface area contributed by atoms with Crippen molar-refractivity contribution in [3.05, 3.63) is 92.6 Å². The zero-order chi connectivity index (χ0) is 27.9. The maximum absolute atomic E-state index is 9.24. The SMILES string of the molecule is [C-]#[N+]C(C)(C)c1cc(CBr)cc(C(C)(C)C#N)c1.[C-]#[N+]C(C)(C)c1cc(CCl)cc(C(C)(C)C#N)c1. The molecule has 0 radical (unpaired) electrons. The van der Waals surface area contributed by atoms with Gasteiger partial charge < -0.3 is 9.69 Å². The summed E-state index contributed by atoms with van der Waals surface area (Å²) in [7, 11) is 0. The first-order chi connectivity index (χ1) is 16.5. The Morgan fingerprint density at radius 1 is 0.694 bits per heavy atom. The number of nitrogens with zero attached hydrogens (tertiary/aromatic N) is 4. The van der Waals surface area contributed by atoms with E-state index >= 15 is 0 Å². The lowest BCUT2D eigenvalue weighted by Gasteiger charge is -2.20. The first-order valence-corrected chi connectivity index (χ1v) is 13.2. The Bertz CT molecular complexity index is 1070. The molecule has 0 unspecified atom stereocenters. The Morgan fingerprint density at radius 2 is 1.03 bits per heavy atom. The van der Waals surface area contributed by atoms with Crippen LogP contribution in [-0.4, -0.2) is 0 Å². The molecule has 6 heteroatoms. The third kappa shape index (κ3) is 7.58. The molecule has 0 aliphatic carbocycles. The lowest BCUT2D eigenvalue weighted by Crippen LogP contribution is -2.18. The van der Waals surface area contributed by atoms with Crippen molar-refractivity contribution in [1.29, 1.82) is 10.5 Å². The summed E-state index contributed by atoms with van der Waals surface area (Å²) in [5.41, 5.74) is 3.54. The van der Waals surface area contributed by atoms with Crippen LogP contribution in [0.4, 0.5) is 0 Å². The van der Waals surface area contributed by atoms with Gasteiger partial charge in [0.1, 0.15) is 0 Å². The summed E-state index contributed by atoms with van der Waals surface area (Å²) in [6.07, 6.45) is 0. The summed E-state index contributed by atoms with van der Waals surface area (Å²) < 4.78 is 0. The van der Waals surface area contributed by atoms with E-state index < -0.39 is 21.9 Å². The summed E-state index contributed by atoms with van der Waals surface area (Å²) in [6, 6.07) is 16.5. The highest BCUT2D eigenvalue weighted by molar-refractivity contribution is 9.08. The largest absolute Gasteiger partial charge is 0.306 e. The fourth-order valence-electron chi connectivity index (χ4n) is 3.22. The quantitative estimate of drug-likeness (QED) is 0.259. The Labute approximate surface area is 230 Å². The van der Waals surface area contributed by atoms with Crippen LogP contribution >= 0.6 is 27.5 Å². The van der Waals surface area contributed by atoms with E-state index in [1.54, 1.807) is 0 Å². The van der Waals surface area contributed by atoms with Crippen molar-refractivity contribution in [1.82, 2.24) is 0 Å². The summed E-state index contributed by atoms with van der Waals surface area (Å²) in [6.45, 7) is 29.6. The van der Waals surface area contributed by atoms with Crippen molar-refractivity contribution in [3.8, 4) is 12.1 Å². The average molecular weight is 566 g/mol. The van der Waals surface area contributed by atoms with E-state index in [0.717, 1.165) is 38.7 Å². The predicted octanol–water partition coefficient (Wildman–Crippen LogP) is 8.92. The van der Waals surface area contributed by atoms with E-state index in [0.29, 0.717) is 5.88 Å². The van der Waals surface area contributed by atoms with Gasteiger partial charge in [0.2, 0.25) is 0 Å². The van der Waals surface area contributed by atoms with Crippen LogP contribution in [0.2, 0.25) is 0 Å². The molecule has 0 amide bonds. The summed E-state index contributed by atoms with van der Waals surface area (Å²) >= 11 is 9.34. The van der Waals surface area contributed by atoms with Crippen LogP contribution in [0.1, 0.15) is 88.8 Å². The molecule has 0 aliphatic rings. The minimum Gasteiger partial charge on any atom is -0.306 e. The second kappa shape index (κ2) is 11.9. The second-order valence-corrected chi connectivity index (χ2v) is 11.7. The lowest BCUT2D eigenvalue weighted by molar-refractivity contribution is 0.646. The number of hydrogen-bond donors (Lipinski definition) is 0. The van der Waals surface area contributed by atoms with Crippen LogP contribution in [0.25, 0.3) is 9.69 Å². The molecule has 36 heavy (non-hydrogen) atoms. The molecule has 2 aromatic rings. The standard InChI is InChI=1S/C15H17BrN2.C15H17ClN2/c2*1-14(2,10-17)12-6-11(9-16)7-13(8-12)15(3,4)18-5/h2*6-8H,9H2,1-4H3. The zero-order valence-electron chi connectivity index (χ0n) is 22.4. The van der Waals surface area contributed by atoms with Crippen molar-refractivity contribution in [2.24, 2.45) is 0 Å². The average Bonchev–Trinajstić information content (AvgIpc) is 2.88. The van der Waals surface area contributed by atoms with E-state index in [4.69, 9.17) is 24.7 Å². The topological polar surface area (TPSA) is 56.3 Å². The predicted molar refractivity (Wildman–Crippen MR) is 152 cm³/mol. The van der Waals surface area contributed by atoms with Crippen LogP contribution < -0.4 is 0 Å². The highest BCUT2D eigenvalue weighted by atomic mass is 79.9. The van der Waals surface area contributed by atoms with E-state index in [1.165, 1.54) is 0 Å². The van der Waals surface area contributed by atoms with Crippen molar-refractivity contribution in [3.63, 3.8) is 0 Å². The van der Waals surface area contributed by atoms with E-state index in [2.05, 4.69) is 37.8 Å². The third-order valence-corrected chi connectivity index (χ3v) is 7.22. The minimum absolute atomic E-state index is 0.385. The highest BCUT2D eigenvalue weighted by Crippen LogP contribution is 2.33. The number of alkyl halides is 2. The molecule has 188 valence electrons. The molecule has 0 fully saturated rings. The molecule has 0 N–H and O–H groups in total. The first-order valence-electron chi connectivity index (χ1n) is 11.5. The van der Waals surface area contributed by atoms with Crippen molar-refractivity contribution in [2.75, 3.05) is 0 Å². The molecule has 2 rings (SSSR count). The minimum atomic E-state index is -0.595. The van der Waals surface area contributed by atoms with Gasteiger partial charge in [0.05, 0.1) is 23.0 Å². The first kappa shape index (κ1) is 31.2. The molecule has 0 bridgehead atoms. The van der Waals surface area contributed by atoms with Crippen LogP contribution in [0.3, 0.4) is 0 Å². The molecule has 0 spiro atoms. The number of nitriles is 2. The summed E-state index contributed by atoms with van der Waals surface area (Å²) in [4.78, 5) is 7.31. The Morgan fingerprint density at radius 3 is 1.33 bits per heavy atom.